The van der Waals surface area contributed by atoms with E-state index in [0.29, 0.717) is 6.92 Å². The number of alkyl halides is 4. The number of benzene rings is 1. The third-order valence-electron chi connectivity index (χ3n) is 6.39. The molecule has 0 amide bonds. The van der Waals surface area contributed by atoms with Crippen molar-refractivity contribution in [1.82, 2.24) is 15.0 Å². The number of aromatic nitrogens is 3. The molecule has 37 heavy (non-hydrogen) atoms. The van der Waals surface area contributed by atoms with Crippen molar-refractivity contribution in [3.05, 3.63) is 47.8 Å². The lowest BCUT2D eigenvalue weighted by Gasteiger charge is -2.34. The van der Waals surface area contributed by atoms with Crippen LogP contribution in [0.2, 0.25) is 0 Å². The van der Waals surface area contributed by atoms with Crippen LogP contribution in [0, 0.1) is 17.6 Å². The molecule has 14 heteroatoms. The number of rotatable bonds is 7. The van der Waals surface area contributed by atoms with Crippen molar-refractivity contribution in [3.8, 4) is 5.88 Å². The molecule has 5 rings (SSSR count). The highest BCUT2D eigenvalue weighted by Crippen LogP contribution is 2.68. The number of anilines is 2. The number of nitrogens with zero attached hydrogens (tertiary/aromatic N) is 4. The number of thioether (sulfide) groups is 1. The maximum absolute atomic E-state index is 15.0. The number of nitrogens with one attached hydrogen (secondary N) is 1. The molecule has 1 unspecified atom stereocenters. The first kappa shape index (κ1) is 25.4. The lowest BCUT2D eigenvalue weighted by molar-refractivity contribution is -0.0242. The van der Waals surface area contributed by atoms with Crippen LogP contribution < -0.4 is 15.8 Å². The number of nitrogens with two attached hydrogens (primary N) is 1. The Bertz CT molecular complexity index is 1420. The molecule has 1 saturated carbocycles. The SMILES string of the molecule is CC(F)(F)COc1cnc2c(Nc3cc(F)c(F)c([C@@]4(C)N=C(N)S[C@@]5(C(F)F)CC54)c3)nccc2n1. The molecule has 1 fully saturated rings. The maximum Gasteiger partial charge on any atom is 0.278 e. The summed E-state index contributed by atoms with van der Waals surface area (Å²) in [7, 11) is 0. The molecular formula is C23H20F6N6OS. The van der Waals surface area contributed by atoms with E-state index in [2.05, 4.69) is 25.3 Å². The fourth-order valence-corrected chi connectivity index (χ4v) is 5.90. The molecule has 1 aliphatic heterocycles. The van der Waals surface area contributed by atoms with Crippen LogP contribution in [0.4, 0.5) is 37.8 Å². The Labute approximate surface area is 210 Å². The molecule has 7 nitrogen and oxygen atoms in total. The van der Waals surface area contributed by atoms with Crippen LogP contribution in [0.25, 0.3) is 11.0 Å². The number of ether oxygens (including phenoxy) is 1. The molecule has 3 aromatic rings. The molecule has 2 aliphatic rings. The highest BCUT2D eigenvalue weighted by atomic mass is 32.2. The van der Waals surface area contributed by atoms with Gasteiger partial charge in [-0.2, -0.15) is 0 Å². The van der Waals surface area contributed by atoms with Crippen LogP contribution in [-0.4, -0.2) is 43.8 Å². The van der Waals surface area contributed by atoms with Crippen molar-refractivity contribution in [1.29, 1.82) is 0 Å². The van der Waals surface area contributed by atoms with Crippen LogP contribution in [-0.2, 0) is 5.54 Å². The normalized spacial score (nSPS) is 25.1. The number of halogens is 6. The fraction of sp³-hybridized carbons (Fsp3) is 0.391. The van der Waals surface area contributed by atoms with Gasteiger partial charge in [-0.05, 0) is 25.5 Å². The molecule has 3 atom stereocenters. The molecule has 196 valence electrons. The van der Waals surface area contributed by atoms with E-state index in [0.717, 1.165) is 24.0 Å². The Hall–Kier alpha value is -3.29. The van der Waals surface area contributed by atoms with Gasteiger partial charge in [0.05, 0.1) is 22.0 Å². The number of fused-ring (bicyclic) bond motifs is 2. The van der Waals surface area contributed by atoms with Gasteiger partial charge in [0, 0.05) is 36.4 Å². The first-order chi connectivity index (χ1) is 17.3. The Morgan fingerprint density at radius 2 is 2.03 bits per heavy atom. The van der Waals surface area contributed by atoms with Crippen molar-refractivity contribution in [3.63, 3.8) is 0 Å². The first-order valence-electron chi connectivity index (χ1n) is 11.0. The second-order valence-corrected chi connectivity index (χ2v) is 10.6. The number of aliphatic imine (C=N–C) groups is 1. The van der Waals surface area contributed by atoms with Gasteiger partial charge in [-0.3, -0.25) is 4.99 Å². The van der Waals surface area contributed by atoms with Gasteiger partial charge in [-0.1, -0.05) is 11.8 Å². The van der Waals surface area contributed by atoms with Crippen molar-refractivity contribution >= 4 is 39.5 Å². The molecule has 0 radical (unpaired) electrons. The smallest absolute Gasteiger partial charge is 0.278 e. The van der Waals surface area contributed by atoms with E-state index >= 15 is 4.39 Å². The van der Waals surface area contributed by atoms with E-state index in [4.69, 9.17) is 10.5 Å². The average molecular weight is 543 g/mol. The zero-order chi connectivity index (χ0) is 26.8. The van der Waals surface area contributed by atoms with E-state index in [1.54, 1.807) is 0 Å². The number of pyridine rings is 1. The standard InChI is InChI=1S/C23H20F6N6OS/c1-21(28,29)9-36-15-8-32-17-13(34-15)3-4-31-18(17)33-10-5-11(16(25)12(24)6-10)22(2)14-7-23(14,19(26)27)37-20(30)35-22/h3-6,8,14,19H,7,9H2,1-2H3,(H2,30,35)(H,31,33)/t14?,22-,23+/m1/s1. The van der Waals surface area contributed by atoms with Gasteiger partial charge >= 0.3 is 0 Å². The predicted octanol–water partition coefficient (Wildman–Crippen LogP) is 5.38. The lowest BCUT2D eigenvalue weighted by atomic mass is 9.85. The van der Waals surface area contributed by atoms with Gasteiger partial charge in [0.15, 0.2) is 29.2 Å². The Morgan fingerprint density at radius 3 is 2.73 bits per heavy atom. The summed E-state index contributed by atoms with van der Waals surface area (Å²) < 4.78 is 87.1. The summed E-state index contributed by atoms with van der Waals surface area (Å²) in [5.41, 5.74) is 4.57. The maximum atomic E-state index is 15.0. The minimum absolute atomic E-state index is 0.0452. The van der Waals surface area contributed by atoms with Gasteiger partial charge in [-0.15, -0.1) is 0 Å². The van der Waals surface area contributed by atoms with E-state index in [-0.39, 0.29) is 45.6 Å². The summed E-state index contributed by atoms with van der Waals surface area (Å²) in [5, 5.41) is 2.72. The van der Waals surface area contributed by atoms with Crippen LogP contribution in [0.15, 0.2) is 35.6 Å². The molecule has 2 aromatic heterocycles. The van der Waals surface area contributed by atoms with E-state index < -0.39 is 46.8 Å². The third-order valence-corrected chi connectivity index (χ3v) is 7.70. The van der Waals surface area contributed by atoms with Crippen LogP contribution in [0.3, 0.4) is 0 Å². The fourth-order valence-electron chi connectivity index (χ4n) is 4.56. The molecule has 0 saturated heterocycles. The second-order valence-electron chi connectivity index (χ2n) is 9.25. The molecule has 3 N–H and O–H groups in total. The zero-order valence-electron chi connectivity index (χ0n) is 19.4. The topological polar surface area (TPSA) is 98.3 Å². The quantitative estimate of drug-likeness (QED) is 0.387. The van der Waals surface area contributed by atoms with Crippen molar-refractivity contribution in [2.45, 2.75) is 42.9 Å². The minimum Gasteiger partial charge on any atom is -0.470 e. The second kappa shape index (κ2) is 8.64. The third kappa shape index (κ3) is 4.51. The largest absolute Gasteiger partial charge is 0.470 e. The summed E-state index contributed by atoms with van der Waals surface area (Å²) in [6.45, 7) is 1.27. The molecule has 1 aromatic carbocycles. The first-order valence-corrected chi connectivity index (χ1v) is 11.9. The Balaban J connectivity index is 1.49. The van der Waals surface area contributed by atoms with Gasteiger partial charge in [0.25, 0.3) is 12.3 Å². The number of hydrogen-bond donors (Lipinski definition) is 2. The summed E-state index contributed by atoms with van der Waals surface area (Å²) in [6, 6.07) is 3.62. The summed E-state index contributed by atoms with van der Waals surface area (Å²) >= 11 is 0.761. The molecule has 0 spiro atoms. The van der Waals surface area contributed by atoms with Gasteiger partial charge in [0.1, 0.15) is 5.52 Å². The molecular weight excluding hydrogens is 522 g/mol. The van der Waals surface area contributed by atoms with Crippen molar-refractivity contribution in [2.75, 3.05) is 11.9 Å². The Morgan fingerprint density at radius 1 is 1.27 bits per heavy atom. The van der Waals surface area contributed by atoms with Crippen molar-refractivity contribution < 1.29 is 31.1 Å². The van der Waals surface area contributed by atoms with Gasteiger partial charge < -0.3 is 15.8 Å². The minimum atomic E-state index is -3.07. The van der Waals surface area contributed by atoms with E-state index in [1.165, 1.54) is 25.3 Å². The van der Waals surface area contributed by atoms with Gasteiger partial charge in [-0.25, -0.2) is 41.3 Å². The van der Waals surface area contributed by atoms with Crippen LogP contribution in [0.5, 0.6) is 5.88 Å². The van der Waals surface area contributed by atoms with E-state index in [9.17, 15) is 22.0 Å². The highest BCUT2D eigenvalue weighted by molar-refractivity contribution is 8.15. The predicted molar refractivity (Wildman–Crippen MR) is 126 cm³/mol. The van der Waals surface area contributed by atoms with Gasteiger partial charge in [0.2, 0.25) is 5.88 Å². The van der Waals surface area contributed by atoms with Crippen LogP contribution >= 0.6 is 11.8 Å². The summed E-state index contributed by atoms with van der Waals surface area (Å²) in [4.78, 5) is 16.7. The highest BCUT2D eigenvalue weighted by Gasteiger charge is 2.71. The van der Waals surface area contributed by atoms with Crippen molar-refractivity contribution in [2.24, 2.45) is 16.6 Å². The van der Waals surface area contributed by atoms with E-state index in [1.807, 2.05) is 0 Å². The number of hydrogen-bond acceptors (Lipinski definition) is 8. The van der Waals surface area contributed by atoms with Crippen LogP contribution in [0.1, 0.15) is 25.8 Å². The lowest BCUT2D eigenvalue weighted by Crippen LogP contribution is -2.39. The number of amidine groups is 1. The Kier molecular flexibility index (Phi) is 5.92. The molecule has 0 bridgehead atoms. The molecule has 1 aliphatic carbocycles. The monoisotopic (exact) mass is 542 g/mol. The summed E-state index contributed by atoms with van der Waals surface area (Å²) in [5.74, 6) is -6.28. The summed E-state index contributed by atoms with van der Waals surface area (Å²) in [6.07, 6.45) is -0.193. The zero-order valence-corrected chi connectivity index (χ0v) is 20.2. The molecule has 3 heterocycles. The average Bonchev–Trinajstić information content (AvgIpc) is 3.56.